The third kappa shape index (κ3) is 20.7. The van der Waals surface area contributed by atoms with Crippen LogP contribution in [-0.4, -0.2) is 47.4 Å². The van der Waals surface area contributed by atoms with Gasteiger partial charge in [-0.1, -0.05) is 27.0 Å². The van der Waals surface area contributed by atoms with Crippen molar-refractivity contribution < 1.29 is 48.5 Å². The normalized spacial score (nSPS) is 13.1. The molecule has 2 unspecified atom stereocenters. The molecule has 0 saturated heterocycles. The van der Waals surface area contributed by atoms with Crippen molar-refractivity contribution in [1.82, 2.24) is 0 Å². The van der Waals surface area contributed by atoms with Gasteiger partial charge in [0.25, 0.3) is 0 Å². The lowest BCUT2D eigenvalue weighted by Crippen LogP contribution is -2.18. The number of hydrogen-bond donors (Lipinski definition) is 6. The molecule has 0 amide bonds. The summed E-state index contributed by atoms with van der Waals surface area (Å²) in [5.41, 5.74) is -0.881. The maximum absolute atomic E-state index is 10.7. The first-order valence-corrected chi connectivity index (χ1v) is 9.80. The zero-order valence-corrected chi connectivity index (χ0v) is 15.1. The van der Waals surface area contributed by atoms with Crippen molar-refractivity contribution in [3.8, 4) is 0 Å². The molecule has 0 spiro atoms. The monoisotopic (exact) mass is 390 g/mol. The molecule has 0 aliphatic rings. The average molecular weight is 390 g/mol. The van der Waals surface area contributed by atoms with Crippen LogP contribution in [0.2, 0.25) is 0 Å². The predicted octanol–water partition coefficient (Wildman–Crippen LogP) is 1.62. The Hall–Kier alpha value is -1.28. The average Bonchev–Trinajstić information content (AvgIpc) is 2.43. The topological polar surface area (TPSA) is 190 Å². The van der Waals surface area contributed by atoms with Crippen LogP contribution in [0.15, 0.2) is 25.1 Å². The molecule has 0 rings (SSSR count). The summed E-state index contributed by atoms with van der Waals surface area (Å²) in [6, 6.07) is 0. The number of rotatable bonds is 7. The molecule has 0 bridgehead atoms. The van der Waals surface area contributed by atoms with Gasteiger partial charge in [0.1, 0.15) is 0 Å². The Morgan fingerprint density at radius 2 is 1.42 bits per heavy atom. The largest absolute Gasteiger partial charge is 0.481 e. The van der Waals surface area contributed by atoms with Crippen molar-refractivity contribution in [2.45, 2.75) is 32.3 Å². The van der Waals surface area contributed by atoms with Gasteiger partial charge in [-0.2, -0.15) is 0 Å². The van der Waals surface area contributed by atoms with Crippen LogP contribution in [0.3, 0.4) is 0 Å². The highest BCUT2D eigenvalue weighted by molar-refractivity contribution is 7.55. The molecule has 0 aromatic carbocycles. The molecule has 0 heterocycles. The van der Waals surface area contributed by atoms with Gasteiger partial charge < -0.3 is 29.8 Å². The second kappa shape index (κ2) is 13.1. The number of aliphatic carboxylic acids is 2. The molecule has 6 N–H and O–H groups in total. The second-order valence-corrected chi connectivity index (χ2v) is 8.03. The van der Waals surface area contributed by atoms with Gasteiger partial charge in [-0.05, 0) is 12.8 Å². The van der Waals surface area contributed by atoms with Gasteiger partial charge in [-0.15, -0.1) is 0 Å². The van der Waals surface area contributed by atoms with Crippen molar-refractivity contribution in [2.75, 3.05) is 0 Å². The van der Waals surface area contributed by atoms with Gasteiger partial charge in [0.2, 0.25) is 0 Å². The number of carboxylic acid groups (broad SMARTS) is 2. The van der Waals surface area contributed by atoms with Crippen LogP contribution in [0, 0.1) is 5.92 Å². The van der Waals surface area contributed by atoms with E-state index in [1.54, 1.807) is 6.92 Å². The summed E-state index contributed by atoms with van der Waals surface area (Å²) >= 11 is 0. The van der Waals surface area contributed by atoms with E-state index in [0.29, 0.717) is 12.2 Å². The molecule has 0 aliphatic carbocycles. The molecule has 12 heteroatoms. The Kier molecular flexibility index (Phi) is 15.0. The van der Waals surface area contributed by atoms with Crippen molar-refractivity contribution in [3.63, 3.8) is 0 Å². The van der Waals surface area contributed by atoms with E-state index < -0.39 is 38.7 Å². The first-order valence-electron chi connectivity index (χ1n) is 6.44. The van der Waals surface area contributed by atoms with Gasteiger partial charge in [0, 0.05) is 11.9 Å². The van der Waals surface area contributed by atoms with Gasteiger partial charge >= 0.3 is 27.1 Å². The first-order chi connectivity index (χ1) is 10.6. The second-order valence-electron chi connectivity index (χ2n) is 4.43. The fourth-order valence-corrected chi connectivity index (χ4v) is 1.52. The van der Waals surface area contributed by atoms with Crippen LogP contribution in [0.1, 0.15) is 26.7 Å². The minimum atomic E-state index is -4.13. The third-order valence-corrected chi connectivity index (χ3v) is 4.29. The van der Waals surface area contributed by atoms with E-state index in [9.17, 15) is 18.7 Å². The van der Waals surface area contributed by atoms with Crippen LogP contribution >= 0.6 is 15.2 Å². The molecule has 2 atom stereocenters. The molecule has 24 heavy (non-hydrogen) atoms. The summed E-state index contributed by atoms with van der Waals surface area (Å²) in [6.07, 6.45) is 1.25. The number of carbonyl (C=O) groups is 2. The molecular formula is C12H24O10P2. The maximum atomic E-state index is 10.7. The molecule has 0 aromatic rings. The SMILES string of the molecule is C=CC(=O)O.C=CP(=O)(O)O.CCC(CC(C)P(=O)(O)O)C(=O)O. The Morgan fingerprint density at radius 3 is 1.54 bits per heavy atom. The van der Waals surface area contributed by atoms with Gasteiger partial charge in [0.15, 0.2) is 0 Å². The lowest BCUT2D eigenvalue weighted by Gasteiger charge is -2.16. The Morgan fingerprint density at radius 1 is 1.08 bits per heavy atom. The van der Waals surface area contributed by atoms with Crippen LogP contribution in [-0.2, 0) is 18.7 Å². The van der Waals surface area contributed by atoms with E-state index in [2.05, 4.69) is 13.2 Å². The highest BCUT2D eigenvalue weighted by atomic mass is 31.2. The van der Waals surface area contributed by atoms with E-state index in [1.807, 2.05) is 0 Å². The molecule has 0 radical (unpaired) electrons. The lowest BCUT2D eigenvalue weighted by atomic mass is 10.0. The summed E-state index contributed by atoms with van der Waals surface area (Å²) < 4.78 is 20.3. The first kappa shape index (κ1) is 27.6. The van der Waals surface area contributed by atoms with Gasteiger partial charge in [-0.25, -0.2) is 4.79 Å². The van der Waals surface area contributed by atoms with Crippen LogP contribution in [0.4, 0.5) is 0 Å². The maximum Gasteiger partial charge on any atom is 0.348 e. The summed E-state index contributed by atoms with van der Waals surface area (Å²) in [5.74, 6) is -2.04. The van der Waals surface area contributed by atoms with E-state index in [1.165, 1.54) is 6.92 Å². The highest BCUT2D eigenvalue weighted by Gasteiger charge is 2.29. The van der Waals surface area contributed by atoms with Crippen LogP contribution < -0.4 is 0 Å². The lowest BCUT2D eigenvalue weighted by molar-refractivity contribution is -0.142. The highest BCUT2D eigenvalue weighted by Crippen LogP contribution is 2.44. The number of hydrogen-bond acceptors (Lipinski definition) is 4. The zero-order chi connectivity index (χ0) is 20.1. The van der Waals surface area contributed by atoms with Gasteiger partial charge in [0.05, 0.1) is 11.6 Å². The predicted molar refractivity (Wildman–Crippen MR) is 87.6 cm³/mol. The van der Waals surface area contributed by atoms with E-state index in [4.69, 9.17) is 29.8 Å². The summed E-state index contributed by atoms with van der Waals surface area (Å²) in [7, 11) is -8.01. The molecule has 0 saturated carbocycles. The van der Waals surface area contributed by atoms with E-state index in [0.717, 1.165) is 6.08 Å². The Labute approximate surface area is 139 Å². The molecule has 0 fully saturated rings. The van der Waals surface area contributed by atoms with Crippen LogP contribution in [0.5, 0.6) is 0 Å². The van der Waals surface area contributed by atoms with Crippen molar-refractivity contribution >= 4 is 27.1 Å². The molecule has 0 aromatic heterocycles. The smallest absolute Gasteiger partial charge is 0.348 e. The van der Waals surface area contributed by atoms with Gasteiger partial charge in [-0.3, -0.25) is 13.9 Å². The van der Waals surface area contributed by atoms with Crippen molar-refractivity contribution in [1.29, 1.82) is 0 Å². The fourth-order valence-electron chi connectivity index (χ4n) is 0.991. The zero-order valence-electron chi connectivity index (χ0n) is 13.3. The minimum absolute atomic E-state index is 0.0239. The van der Waals surface area contributed by atoms with Crippen molar-refractivity contribution in [3.05, 3.63) is 25.1 Å². The standard InChI is InChI=1S/C7H15O5P.C3H4O2.C2H5O3P/c1-3-6(7(8)9)4-5(2)13(10,11)12;1-2-3(4)5;1-2-6(3,4)5/h5-6H,3-4H2,1-2H3,(H,8,9)(H2,10,11,12);2H,1H2,(H,4,5);2H,1H2,(H2,3,4,5). The molecule has 0 aliphatic heterocycles. The number of carboxylic acids is 2. The quantitative estimate of drug-likeness (QED) is 0.275. The van der Waals surface area contributed by atoms with E-state index >= 15 is 0 Å². The molecule has 142 valence electrons. The Balaban J connectivity index is -0.000000332. The fraction of sp³-hybridized carbons (Fsp3) is 0.500. The van der Waals surface area contributed by atoms with Crippen molar-refractivity contribution in [2.24, 2.45) is 5.92 Å². The summed E-state index contributed by atoms with van der Waals surface area (Å²) in [4.78, 5) is 52.9. The van der Waals surface area contributed by atoms with Crippen LogP contribution in [0.25, 0.3) is 0 Å². The summed E-state index contributed by atoms with van der Waals surface area (Å²) in [6.45, 7) is 8.88. The molecule has 10 nitrogen and oxygen atoms in total. The Bertz CT molecular complexity index is 504. The molecular weight excluding hydrogens is 366 g/mol. The summed E-state index contributed by atoms with van der Waals surface area (Å²) in [5, 5.41) is 16.2. The van der Waals surface area contributed by atoms with E-state index in [-0.39, 0.29) is 6.42 Å². The minimum Gasteiger partial charge on any atom is -0.481 e. The third-order valence-electron chi connectivity index (χ3n) is 2.45.